The first-order valence-electron chi connectivity index (χ1n) is 4.57. The normalized spacial score (nSPS) is 12.9. The van der Waals surface area contributed by atoms with Crippen molar-refractivity contribution in [3.05, 3.63) is 35.4 Å². The van der Waals surface area contributed by atoms with Crippen molar-refractivity contribution in [2.45, 2.75) is 18.7 Å². The molecule has 1 aromatic carbocycles. The van der Waals surface area contributed by atoms with Crippen LogP contribution >= 0.6 is 15.9 Å². The van der Waals surface area contributed by atoms with Gasteiger partial charge < -0.3 is 0 Å². The first kappa shape index (κ1) is 12.3. The van der Waals surface area contributed by atoms with Gasteiger partial charge in [-0.3, -0.25) is 4.79 Å². The van der Waals surface area contributed by atoms with Gasteiger partial charge in [0.05, 0.1) is 10.4 Å². The highest BCUT2D eigenvalue weighted by Gasteiger charge is 2.23. The molecule has 0 aliphatic carbocycles. The average Bonchev–Trinajstić information content (AvgIpc) is 2.19. The van der Waals surface area contributed by atoms with Crippen molar-refractivity contribution in [3.8, 4) is 0 Å². The zero-order valence-electron chi connectivity index (χ0n) is 8.43. The molecule has 0 fully saturated rings. The van der Waals surface area contributed by atoms with E-state index in [2.05, 4.69) is 15.9 Å². The van der Waals surface area contributed by atoms with Crippen LogP contribution in [0.1, 0.15) is 24.2 Å². The maximum atomic E-state index is 13.2. The molecule has 0 aliphatic heterocycles. The number of ketones is 1. The molecule has 0 amide bonds. The molecule has 0 saturated heterocycles. The van der Waals surface area contributed by atoms with Crippen LogP contribution in [0.25, 0.3) is 0 Å². The van der Waals surface area contributed by atoms with Crippen LogP contribution in [0, 0.1) is 17.6 Å². The Kier molecular flexibility index (Phi) is 3.97. The lowest BCUT2D eigenvalue weighted by Crippen LogP contribution is -2.21. The van der Waals surface area contributed by atoms with Crippen LogP contribution in [0.4, 0.5) is 8.78 Å². The van der Waals surface area contributed by atoms with Gasteiger partial charge in [0.15, 0.2) is 5.78 Å². The highest BCUT2D eigenvalue weighted by molar-refractivity contribution is 9.10. The molecule has 1 unspecified atom stereocenters. The summed E-state index contributed by atoms with van der Waals surface area (Å²) in [7, 11) is 0. The zero-order valence-corrected chi connectivity index (χ0v) is 10.0. The molecule has 0 radical (unpaired) electrons. The zero-order chi connectivity index (χ0) is 11.6. The summed E-state index contributed by atoms with van der Waals surface area (Å²) in [4.78, 5) is 11.2. The Balaban J connectivity index is 3.05. The summed E-state index contributed by atoms with van der Waals surface area (Å²) in [6.07, 6.45) is 0. The van der Waals surface area contributed by atoms with E-state index in [0.29, 0.717) is 0 Å². The molecular formula is C11H11BrF2O. The van der Waals surface area contributed by atoms with Crippen LogP contribution in [0.15, 0.2) is 18.2 Å². The van der Waals surface area contributed by atoms with Gasteiger partial charge in [-0.25, -0.2) is 8.78 Å². The minimum atomic E-state index is -0.688. The molecule has 0 spiro atoms. The van der Waals surface area contributed by atoms with E-state index in [1.54, 1.807) is 0 Å². The number of carbonyl (C=O) groups is 1. The predicted molar refractivity (Wildman–Crippen MR) is 58.2 cm³/mol. The smallest absolute Gasteiger partial charge is 0.179 e. The third kappa shape index (κ3) is 2.84. The number of hydrogen-bond donors (Lipinski definition) is 0. The fourth-order valence-corrected chi connectivity index (χ4v) is 1.38. The van der Waals surface area contributed by atoms with E-state index in [-0.39, 0.29) is 11.5 Å². The summed E-state index contributed by atoms with van der Waals surface area (Å²) < 4.78 is 26.1. The molecule has 0 aliphatic rings. The molecule has 0 saturated carbocycles. The molecule has 4 heteroatoms. The van der Waals surface area contributed by atoms with Crippen molar-refractivity contribution in [2.24, 2.45) is 5.92 Å². The molecule has 0 aromatic heterocycles. The minimum Gasteiger partial charge on any atom is -0.293 e. The number of benzene rings is 1. The molecule has 1 nitrogen and oxygen atoms in total. The number of alkyl halides is 1. The van der Waals surface area contributed by atoms with Crippen molar-refractivity contribution in [1.29, 1.82) is 0 Å². The van der Waals surface area contributed by atoms with Gasteiger partial charge in [-0.05, 0) is 24.1 Å². The van der Waals surface area contributed by atoms with Crippen molar-refractivity contribution in [1.82, 2.24) is 0 Å². The van der Waals surface area contributed by atoms with E-state index < -0.39 is 22.2 Å². The summed E-state index contributed by atoms with van der Waals surface area (Å²) in [5, 5.41) is 0. The molecule has 1 rings (SSSR count). The third-order valence-electron chi connectivity index (χ3n) is 2.03. The van der Waals surface area contributed by atoms with Crippen LogP contribution in [0.5, 0.6) is 0 Å². The number of rotatable bonds is 3. The van der Waals surface area contributed by atoms with Crippen LogP contribution in [0.3, 0.4) is 0 Å². The maximum absolute atomic E-state index is 13.2. The quantitative estimate of drug-likeness (QED) is 0.609. The van der Waals surface area contributed by atoms with E-state index >= 15 is 0 Å². The summed E-state index contributed by atoms with van der Waals surface area (Å²) >= 11 is 3.16. The Labute approximate surface area is 95.6 Å². The third-order valence-corrected chi connectivity index (χ3v) is 3.50. The van der Waals surface area contributed by atoms with Gasteiger partial charge >= 0.3 is 0 Å². The number of carbonyl (C=O) groups excluding carboxylic acids is 1. The van der Waals surface area contributed by atoms with Crippen LogP contribution < -0.4 is 0 Å². The van der Waals surface area contributed by atoms with Gasteiger partial charge in [-0.2, -0.15) is 0 Å². The van der Waals surface area contributed by atoms with Gasteiger partial charge in [0.1, 0.15) is 11.6 Å². The molecule has 1 atom stereocenters. The van der Waals surface area contributed by atoms with Crippen LogP contribution in [0.2, 0.25) is 0 Å². The Morgan fingerprint density at radius 2 is 1.93 bits per heavy atom. The number of Topliss-reactive ketones (excluding diaryl/α,β-unsaturated/α-hetero) is 1. The topological polar surface area (TPSA) is 17.1 Å². The molecule has 0 heterocycles. The SMILES string of the molecule is CC(C)C(Br)C(=O)c1cc(F)ccc1F. The second-order valence-electron chi connectivity index (χ2n) is 3.63. The largest absolute Gasteiger partial charge is 0.293 e. The molecular weight excluding hydrogens is 266 g/mol. The van der Waals surface area contributed by atoms with Crippen LogP contribution in [-0.2, 0) is 0 Å². The van der Waals surface area contributed by atoms with Gasteiger partial charge in [0.25, 0.3) is 0 Å². The second-order valence-corrected chi connectivity index (χ2v) is 4.62. The summed E-state index contributed by atoms with van der Waals surface area (Å²) in [6.45, 7) is 3.66. The van der Waals surface area contributed by atoms with E-state index in [4.69, 9.17) is 0 Å². The highest BCUT2D eigenvalue weighted by Crippen LogP contribution is 2.20. The van der Waals surface area contributed by atoms with E-state index in [9.17, 15) is 13.6 Å². The monoisotopic (exact) mass is 276 g/mol. The van der Waals surface area contributed by atoms with E-state index in [0.717, 1.165) is 18.2 Å². The van der Waals surface area contributed by atoms with Crippen molar-refractivity contribution in [3.63, 3.8) is 0 Å². The standard InChI is InChI=1S/C11H11BrF2O/c1-6(2)10(12)11(15)8-5-7(13)3-4-9(8)14/h3-6,10H,1-2H3. The van der Waals surface area contributed by atoms with Crippen LogP contribution in [-0.4, -0.2) is 10.6 Å². The molecule has 0 N–H and O–H groups in total. The minimum absolute atomic E-state index is 0.0279. The fraction of sp³-hybridized carbons (Fsp3) is 0.364. The lowest BCUT2D eigenvalue weighted by atomic mass is 10.0. The number of halogens is 3. The van der Waals surface area contributed by atoms with Gasteiger partial charge in [-0.1, -0.05) is 29.8 Å². The molecule has 15 heavy (non-hydrogen) atoms. The maximum Gasteiger partial charge on any atom is 0.179 e. The second kappa shape index (κ2) is 4.84. The molecule has 1 aromatic rings. The summed E-state index contributed by atoms with van der Waals surface area (Å²) in [5.74, 6) is -1.70. The molecule has 0 bridgehead atoms. The Hall–Kier alpha value is -0.770. The van der Waals surface area contributed by atoms with Gasteiger partial charge in [0.2, 0.25) is 0 Å². The lowest BCUT2D eigenvalue weighted by Gasteiger charge is -2.12. The Bertz CT molecular complexity index is 377. The van der Waals surface area contributed by atoms with E-state index in [1.807, 2.05) is 13.8 Å². The van der Waals surface area contributed by atoms with Crippen molar-refractivity contribution < 1.29 is 13.6 Å². The van der Waals surface area contributed by atoms with E-state index in [1.165, 1.54) is 0 Å². The van der Waals surface area contributed by atoms with Crippen molar-refractivity contribution >= 4 is 21.7 Å². The van der Waals surface area contributed by atoms with Gasteiger partial charge in [-0.15, -0.1) is 0 Å². The number of hydrogen-bond acceptors (Lipinski definition) is 1. The average molecular weight is 277 g/mol. The Morgan fingerprint density at radius 3 is 2.47 bits per heavy atom. The summed E-state index contributed by atoms with van der Waals surface area (Å²) in [5.41, 5.74) is -0.203. The predicted octanol–water partition coefficient (Wildman–Crippen LogP) is 3.57. The van der Waals surface area contributed by atoms with Gasteiger partial charge in [0, 0.05) is 0 Å². The highest BCUT2D eigenvalue weighted by atomic mass is 79.9. The fourth-order valence-electron chi connectivity index (χ4n) is 1.14. The molecule has 82 valence electrons. The Morgan fingerprint density at radius 1 is 1.33 bits per heavy atom. The lowest BCUT2D eigenvalue weighted by molar-refractivity contribution is 0.0973. The first-order chi connectivity index (χ1) is 6.93. The summed E-state index contributed by atoms with van der Waals surface area (Å²) in [6, 6.07) is 2.88. The van der Waals surface area contributed by atoms with Crippen molar-refractivity contribution in [2.75, 3.05) is 0 Å². The first-order valence-corrected chi connectivity index (χ1v) is 5.48.